The number of hydrogen-bond acceptors (Lipinski definition) is 6. The Bertz CT molecular complexity index is 610. The molecule has 0 aliphatic heterocycles. The smallest absolute Gasteiger partial charge is 0.333 e. The van der Waals surface area contributed by atoms with Crippen LogP contribution in [-0.2, 0) is 30.5 Å². The van der Waals surface area contributed by atoms with Crippen molar-refractivity contribution in [1.82, 2.24) is 0 Å². The maximum absolute atomic E-state index is 10.9. The fourth-order valence-electron chi connectivity index (χ4n) is 0.969. The third kappa shape index (κ3) is 15.8. The molecule has 144 valence electrons. The molecule has 0 unspecified atom stereocenters. The predicted octanol–water partition coefficient (Wildman–Crippen LogP) is 3.67. The molecule has 7 heteroatoms. The lowest BCUT2D eigenvalue weighted by Crippen LogP contribution is -2.11. The van der Waals surface area contributed by atoms with E-state index in [1.807, 2.05) is 0 Å². The van der Waals surface area contributed by atoms with Gasteiger partial charge in [-0.25, -0.2) is 14.4 Å². The summed E-state index contributed by atoms with van der Waals surface area (Å²) < 4.78 is 14.5. The van der Waals surface area contributed by atoms with Crippen LogP contribution in [0.3, 0.4) is 0 Å². The van der Waals surface area contributed by atoms with E-state index in [1.165, 1.54) is 6.26 Å². The average molecular weight is 366 g/mol. The van der Waals surface area contributed by atoms with Crippen LogP contribution in [0.2, 0.25) is 0 Å². The number of carboxylic acids is 1. The molecule has 0 saturated carbocycles. The van der Waals surface area contributed by atoms with Crippen LogP contribution in [0.25, 0.3) is 0 Å². The first-order valence-corrected chi connectivity index (χ1v) is 7.58. The summed E-state index contributed by atoms with van der Waals surface area (Å²) >= 11 is 0. The van der Waals surface area contributed by atoms with Gasteiger partial charge in [0.05, 0.1) is 12.4 Å². The maximum Gasteiger partial charge on any atom is 0.333 e. The highest BCUT2D eigenvalue weighted by Gasteiger charge is 2.04. The zero-order chi connectivity index (χ0) is 20.7. The highest BCUT2D eigenvalue weighted by molar-refractivity contribution is 5.87. The van der Waals surface area contributed by atoms with Crippen LogP contribution in [0.5, 0.6) is 0 Å². The first kappa shape index (κ1) is 25.2. The highest BCUT2D eigenvalue weighted by atomic mass is 16.5. The van der Waals surface area contributed by atoms with Gasteiger partial charge in [-0.2, -0.15) is 0 Å². The van der Waals surface area contributed by atoms with Crippen molar-refractivity contribution in [3.8, 4) is 0 Å². The molecule has 26 heavy (non-hydrogen) atoms. The second kappa shape index (κ2) is 14.3. The van der Waals surface area contributed by atoms with E-state index in [-0.39, 0.29) is 18.7 Å². The first-order valence-electron chi connectivity index (χ1n) is 7.58. The number of carbonyl (C=O) groups excluding carboxylic acids is 2. The topological polar surface area (TPSA) is 103 Å². The number of ether oxygens (including phenoxy) is 2. The molecule has 0 atom stereocenters. The van der Waals surface area contributed by atoms with Gasteiger partial charge in [-0.1, -0.05) is 19.7 Å². The highest BCUT2D eigenvalue weighted by Crippen LogP contribution is 2.03. The predicted molar refractivity (Wildman–Crippen MR) is 97.2 cm³/mol. The molecule has 0 saturated heterocycles. The van der Waals surface area contributed by atoms with Gasteiger partial charge in [0.25, 0.3) is 0 Å². The molecule has 0 fully saturated rings. The Balaban J connectivity index is 0. The van der Waals surface area contributed by atoms with Gasteiger partial charge in [0.1, 0.15) is 12.4 Å². The van der Waals surface area contributed by atoms with Crippen molar-refractivity contribution in [1.29, 1.82) is 0 Å². The normalized spacial score (nSPS) is 8.81. The molecule has 0 aromatic carbocycles. The number of carbonyl (C=O) groups is 3. The van der Waals surface area contributed by atoms with Crippen molar-refractivity contribution in [3.63, 3.8) is 0 Å². The van der Waals surface area contributed by atoms with Gasteiger partial charge >= 0.3 is 17.9 Å². The third-order valence-corrected chi connectivity index (χ3v) is 2.14. The van der Waals surface area contributed by atoms with Gasteiger partial charge in [0.2, 0.25) is 0 Å². The molecule has 1 rings (SSSR count). The maximum atomic E-state index is 10.9. The van der Waals surface area contributed by atoms with Gasteiger partial charge in [0.15, 0.2) is 0 Å². The van der Waals surface area contributed by atoms with E-state index >= 15 is 0 Å². The number of furan rings is 1. The second-order valence-corrected chi connectivity index (χ2v) is 5.21. The Kier molecular flexibility index (Phi) is 13.8. The average Bonchev–Trinajstić information content (AvgIpc) is 3.06. The van der Waals surface area contributed by atoms with Gasteiger partial charge in [-0.05, 0) is 39.8 Å². The van der Waals surface area contributed by atoms with Crippen molar-refractivity contribution in [2.45, 2.75) is 40.4 Å². The van der Waals surface area contributed by atoms with Crippen LogP contribution in [-0.4, -0.2) is 29.1 Å². The van der Waals surface area contributed by atoms with E-state index in [9.17, 15) is 14.4 Å². The lowest BCUT2D eigenvalue weighted by molar-refractivity contribution is -0.142. The number of aliphatic carboxylic acids is 1. The summed E-state index contributed by atoms with van der Waals surface area (Å²) in [5.41, 5.74) is 0.838. The minimum absolute atomic E-state index is 0.0470. The summed E-state index contributed by atoms with van der Waals surface area (Å²) in [6, 6.07) is 3.48. The van der Waals surface area contributed by atoms with Crippen LogP contribution in [0.4, 0.5) is 0 Å². The Morgan fingerprint density at radius 1 is 1.19 bits per heavy atom. The van der Waals surface area contributed by atoms with E-state index < -0.39 is 11.9 Å². The van der Waals surface area contributed by atoms with E-state index in [4.69, 9.17) is 19.0 Å². The summed E-state index contributed by atoms with van der Waals surface area (Å²) in [4.78, 5) is 30.8. The minimum Gasteiger partial charge on any atom is -0.478 e. The van der Waals surface area contributed by atoms with Crippen LogP contribution in [0.1, 0.15) is 33.5 Å². The Morgan fingerprint density at radius 3 is 1.96 bits per heavy atom. The quantitative estimate of drug-likeness (QED) is 0.605. The molecule has 0 spiro atoms. The summed E-state index contributed by atoms with van der Waals surface area (Å²) in [7, 11) is 0. The second-order valence-electron chi connectivity index (χ2n) is 5.21. The van der Waals surface area contributed by atoms with Gasteiger partial charge in [0, 0.05) is 17.2 Å². The van der Waals surface area contributed by atoms with Crippen molar-refractivity contribution >= 4 is 17.9 Å². The molecular formula is C19H26O7. The number of rotatable bonds is 6. The summed E-state index contributed by atoms with van der Waals surface area (Å²) in [6.45, 7) is 16.9. The Morgan fingerprint density at radius 2 is 1.69 bits per heavy atom. The molecule has 0 aliphatic carbocycles. The minimum atomic E-state index is -0.981. The summed E-state index contributed by atoms with van der Waals surface area (Å²) in [5.74, 6) is -1.06. The zero-order valence-corrected chi connectivity index (χ0v) is 15.6. The molecule has 0 radical (unpaired) electrons. The Hall–Kier alpha value is -3.09. The number of hydrogen-bond donors (Lipinski definition) is 1. The molecule has 1 heterocycles. The van der Waals surface area contributed by atoms with E-state index in [0.717, 1.165) is 6.08 Å². The van der Waals surface area contributed by atoms with E-state index in [1.54, 1.807) is 39.8 Å². The third-order valence-electron chi connectivity index (χ3n) is 2.14. The molecular weight excluding hydrogens is 340 g/mol. The van der Waals surface area contributed by atoms with E-state index in [0.29, 0.717) is 16.9 Å². The van der Waals surface area contributed by atoms with Crippen LogP contribution < -0.4 is 0 Å². The molecule has 7 nitrogen and oxygen atoms in total. The zero-order valence-electron chi connectivity index (χ0n) is 15.6. The fraction of sp³-hybridized carbons (Fsp3) is 0.316. The molecule has 0 amide bonds. The van der Waals surface area contributed by atoms with Crippen LogP contribution in [0.15, 0.2) is 59.8 Å². The van der Waals surface area contributed by atoms with Crippen molar-refractivity contribution in [2.24, 2.45) is 0 Å². The molecule has 0 aliphatic rings. The van der Waals surface area contributed by atoms with Crippen molar-refractivity contribution in [3.05, 3.63) is 61.1 Å². The largest absolute Gasteiger partial charge is 0.478 e. The van der Waals surface area contributed by atoms with Crippen LogP contribution in [0, 0.1) is 0 Å². The lowest BCUT2D eigenvalue weighted by atomic mass is 10.3. The van der Waals surface area contributed by atoms with E-state index in [2.05, 4.69) is 19.7 Å². The SMILES string of the molecule is C=C(C)C(=O)OC(C)C.C=C(C)C(=O)OCc1ccco1.C=CC(=O)O. The van der Waals surface area contributed by atoms with Gasteiger partial charge in [-0.15, -0.1) is 0 Å². The fourth-order valence-corrected chi connectivity index (χ4v) is 0.969. The van der Waals surface area contributed by atoms with Crippen LogP contribution >= 0.6 is 0 Å². The lowest BCUT2D eigenvalue weighted by Gasteiger charge is -2.05. The van der Waals surface area contributed by atoms with Gasteiger partial charge in [-0.3, -0.25) is 0 Å². The summed E-state index contributed by atoms with van der Waals surface area (Å²) in [5, 5.41) is 7.60. The summed E-state index contributed by atoms with van der Waals surface area (Å²) in [6.07, 6.45) is 2.32. The van der Waals surface area contributed by atoms with Crippen molar-refractivity contribution < 1.29 is 33.4 Å². The molecule has 1 aromatic rings. The number of carboxylic acid groups (broad SMARTS) is 1. The molecule has 1 aromatic heterocycles. The van der Waals surface area contributed by atoms with Gasteiger partial charge < -0.3 is 19.0 Å². The monoisotopic (exact) mass is 366 g/mol. The molecule has 1 N–H and O–H groups in total. The standard InChI is InChI=1S/C9H10O3.C7H12O2.C3H4O2/c1-7(2)9(10)12-6-8-4-3-5-11-8;1-5(2)7(8)9-6(3)4;1-2-3(4)5/h3-5H,1,6H2,2H3;6H,1H2,2-4H3;2H,1H2,(H,4,5). The Labute approximate surface area is 153 Å². The first-order chi connectivity index (χ1) is 12.0. The van der Waals surface area contributed by atoms with Crippen molar-refractivity contribution in [2.75, 3.05) is 0 Å². The molecule has 0 bridgehead atoms. The number of esters is 2.